The molecule has 8 heterocycles. The summed E-state index contributed by atoms with van der Waals surface area (Å²) >= 11 is 0. The number of aromatic amines is 1. The van der Waals surface area contributed by atoms with Gasteiger partial charge in [0.1, 0.15) is 85.1 Å². The second-order valence-corrected chi connectivity index (χ2v) is 21.3. The van der Waals surface area contributed by atoms with Gasteiger partial charge in [-0.3, -0.25) is 55.2 Å². The van der Waals surface area contributed by atoms with Gasteiger partial charge in [-0.05, 0) is 25.1 Å². The third kappa shape index (κ3) is 13.1. The van der Waals surface area contributed by atoms with Crippen molar-refractivity contribution < 1.29 is 84.7 Å². The van der Waals surface area contributed by atoms with Crippen LogP contribution in [0.4, 0.5) is 17.5 Å². The largest absolute Gasteiger partial charge is 0.472 e. The van der Waals surface area contributed by atoms with Crippen LogP contribution in [0.25, 0.3) is 0 Å². The van der Waals surface area contributed by atoms with Crippen LogP contribution < -0.4 is 45.5 Å². The third-order valence-corrected chi connectivity index (χ3v) is 14.9. The third-order valence-electron chi connectivity index (χ3n) is 11.9. The molecule has 4 aliphatic heterocycles. The number of H-pyrrole nitrogens is 1. The van der Waals surface area contributed by atoms with E-state index in [0.717, 1.165) is 24.5 Å². The number of aromatic nitrogens is 8. The molecule has 4 fully saturated rings. The van der Waals surface area contributed by atoms with Crippen molar-refractivity contribution in [2.45, 2.75) is 106 Å². The number of aliphatic hydroxyl groups is 2. The minimum absolute atomic E-state index is 0.0482. The summed E-state index contributed by atoms with van der Waals surface area (Å²) in [7, 11) is -15.8. The fourth-order valence-electron chi connectivity index (χ4n) is 8.29. The summed E-state index contributed by atoms with van der Waals surface area (Å²) in [5.41, 5.74) is 12.5. The predicted octanol–water partition coefficient (Wildman–Crippen LogP) is -2.63. The second-order valence-electron chi connectivity index (χ2n) is 17.0. The summed E-state index contributed by atoms with van der Waals surface area (Å²) in [6.07, 6.45) is -12.9. The van der Waals surface area contributed by atoms with Gasteiger partial charge in [0, 0.05) is 56.0 Å². The van der Waals surface area contributed by atoms with E-state index in [4.69, 9.17) is 63.3 Å². The Balaban J connectivity index is 0.949. The van der Waals surface area contributed by atoms with Gasteiger partial charge in [0.15, 0.2) is 0 Å². The van der Waals surface area contributed by atoms with Crippen LogP contribution in [0, 0.1) is 6.92 Å². The number of nitrogens with two attached hydrogens (primary N) is 3. The average molecular weight is 1110 g/mol. The number of nitrogen functional groups attached to an aromatic ring is 3. The molecule has 4 aliphatic rings. The zero-order valence-electron chi connectivity index (χ0n) is 38.4. The Labute approximate surface area is 413 Å². The summed E-state index contributed by atoms with van der Waals surface area (Å²) in [5, 5.41) is 20.6. The van der Waals surface area contributed by atoms with Gasteiger partial charge in [-0.2, -0.15) is 15.0 Å². The molecule has 4 aromatic rings. The van der Waals surface area contributed by atoms with Crippen LogP contribution in [-0.2, 0) is 59.8 Å². The van der Waals surface area contributed by atoms with Crippen molar-refractivity contribution >= 4 is 40.9 Å². The summed E-state index contributed by atoms with van der Waals surface area (Å²) in [6, 6.07) is 3.86. The van der Waals surface area contributed by atoms with Gasteiger partial charge in [0.05, 0.1) is 32.5 Å². The van der Waals surface area contributed by atoms with Crippen LogP contribution in [0.3, 0.4) is 0 Å². The number of ether oxygens (including phenoxy) is 4. The van der Waals surface area contributed by atoms with Crippen molar-refractivity contribution in [3.8, 4) is 0 Å². The smallest absolute Gasteiger partial charge is 0.394 e. The SMILES string of the molecule is Cc1cn([C@H]2C[C@H](OP(=O)(O)OC[C@H]3O[C@@H](n4ccc(N)nc4=O)C[C@@H]3OP(=O)(O)OC[C@H]3O[C@@H](n4ccc(N)nc4=O)C[C@@H]3O)[C@@H](COP(=O)(O)O[C@H]3C[C@H](n4ccc(N)nc4=O)O[C@@H]3CO)O2)[14c](=O)[nH]c1=O. The number of aliphatic hydroxyl groups excluding tert-OH is 2. The molecule has 3 unspecified atom stereocenters. The van der Waals surface area contributed by atoms with Crippen molar-refractivity contribution in [1.29, 1.82) is 0 Å². The first-order chi connectivity index (χ1) is 34.9. The molecule has 0 saturated carbocycles. The molecule has 406 valence electrons. The molecule has 74 heavy (non-hydrogen) atoms. The molecule has 8 rings (SSSR count). The van der Waals surface area contributed by atoms with E-state index in [9.17, 15) is 62.6 Å². The van der Waals surface area contributed by atoms with E-state index in [2.05, 4.69) is 19.9 Å². The highest BCUT2D eigenvalue weighted by atomic mass is 31.2. The Morgan fingerprint density at radius 3 is 1.43 bits per heavy atom. The van der Waals surface area contributed by atoms with E-state index in [0.29, 0.717) is 0 Å². The molecule has 37 heteroatoms. The van der Waals surface area contributed by atoms with Gasteiger partial charge >= 0.3 is 46.2 Å². The lowest BCUT2D eigenvalue weighted by atomic mass is 10.2. The van der Waals surface area contributed by atoms with Crippen LogP contribution in [0.15, 0.2) is 67.0 Å². The van der Waals surface area contributed by atoms with Crippen molar-refractivity contribution in [2.75, 3.05) is 43.6 Å². The van der Waals surface area contributed by atoms with Gasteiger partial charge in [0.25, 0.3) is 5.56 Å². The summed E-state index contributed by atoms with van der Waals surface area (Å²) < 4.78 is 99.6. The standard InChI is InChI=1S/C37H50N11O23P3/c1-17-12-48(37(55)44-33(17)51)32-11-21(25(68-32)16-63-73(58,59)69-19-9-30(65-22(19)13-49)46-6-3-27(39)42-35(46)53)71-74(60,61)64-15-24-20(10-31(67-24)47-7-4-28(40)43-36(47)54)70-72(56,57)62-14-23-18(50)8-29(66-23)45-5-2-26(38)41-34(45)52/h2-7,12,18-25,29-32,49-50H,8-11,13-16H2,1H3,(H,56,57)(H,58,59)(H,60,61)(H2,38,41,52)(H2,39,42,53)(H2,40,43,54)(H,44,51,55)/t18-,19-,20-,21-,22+,23+,24+,25+,29+,30+,31+,32+/m0/s1/i37+2. The Morgan fingerprint density at radius 2 is 1.00 bits per heavy atom. The van der Waals surface area contributed by atoms with Gasteiger partial charge < -0.3 is 61.0 Å². The molecule has 0 radical (unpaired) electrons. The van der Waals surface area contributed by atoms with E-state index in [-0.39, 0.29) is 35.9 Å². The highest BCUT2D eigenvalue weighted by Crippen LogP contribution is 2.53. The number of phosphoric acid groups is 3. The molecule has 4 saturated heterocycles. The van der Waals surface area contributed by atoms with E-state index in [1.807, 2.05) is 0 Å². The maximum atomic E-state index is 13.8. The number of rotatable bonds is 20. The highest BCUT2D eigenvalue weighted by molar-refractivity contribution is 7.48. The number of phosphoric ester groups is 3. The van der Waals surface area contributed by atoms with Crippen LogP contribution >= 0.6 is 23.5 Å². The number of hydrogen-bond donors (Lipinski definition) is 9. The molecular weight excluding hydrogens is 1060 g/mol. The Bertz CT molecular complexity index is 3160. The monoisotopic (exact) mass is 1110 g/mol. The minimum Gasteiger partial charge on any atom is -0.394 e. The topological polar surface area (TPSA) is 482 Å². The van der Waals surface area contributed by atoms with Crippen molar-refractivity contribution in [3.63, 3.8) is 0 Å². The van der Waals surface area contributed by atoms with E-state index >= 15 is 0 Å². The quantitative estimate of drug-likeness (QED) is 0.0409. The summed E-state index contributed by atoms with van der Waals surface area (Å²) in [6.45, 7) is -2.05. The van der Waals surface area contributed by atoms with Gasteiger partial charge in [-0.25, -0.2) is 32.9 Å². The molecule has 12 N–H and O–H groups in total. The van der Waals surface area contributed by atoms with E-state index < -0.39 is 165 Å². The number of aryl methyl sites for hydroxylation is 1. The fourth-order valence-corrected chi connectivity index (χ4v) is 11.2. The van der Waals surface area contributed by atoms with Crippen LogP contribution in [0.5, 0.6) is 0 Å². The highest BCUT2D eigenvalue weighted by Gasteiger charge is 2.48. The number of nitrogens with zero attached hydrogens (tertiary/aromatic N) is 7. The second kappa shape index (κ2) is 22.2. The average Bonchev–Trinajstić information content (AvgIpc) is 4.10. The normalized spacial score (nSPS) is 30.5. The van der Waals surface area contributed by atoms with Gasteiger partial charge in [-0.15, -0.1) is 0 Å². The molecule has 0 aromatic carbocycles. The Morgan fingerprint density at radius 1 is 0.635 bits per heavy atom. The first-order valence-electron chi connectivity index (χ1n) is 22.1. The molecule has 0 aliphatic carbocycles. The molecule has 34 nitrogen and oxygen atoms in total. The van der Waals surface area contributed by atoms with Crippen molar-refractivity contribution in [3.05, 3.63) is 101 Å². The molecular formula is C37H50N11O23P3. The lowest BCUT2D eigenvalue weighted by Crippen LogP contribution is -2.33. The van der Waals surface area contributed by atoms with E-state index in [1.54, 1.807) is 0 Å². The van der Waals surface area contributed by atoms with Gasteiger partial charge in [-0.1, -0.05) is 0 Å². The van der Waals surface area contributed by atoms with Crippen molar-refractivity contribution in [1.82, 2.24) is 38.2 Å². The molecule has 0 spiro atoms. The van der Waals surface area contributed by atoms with Gasteiger partial charge in [0.2, 0.25) is 0 Å². The van der Waals surface area contributed by atoms with Crippen LogP contribution in [0.2, 0.25) is 0 Å². The Hall–Kier alpha value is -5.19. The van der Waals surface area contributed by atoms with Crippen LogP contribution in [-0.4, -0.2) is 138 Å². The summed E-state index contributed by atoms with van der Waals surface area (Å²) in [4.78, 5) is 108. The zero-order valence-corrected chi connectivity index (χ0v) is 41.1. The molecule has 4 aromatic heterocycles. The lowest BCUT2D eigenvalue weighted by molar-refractivity contribution is -0.0640. The number of nitrogens with one attached hydrogen (secondary N) is 1. The predicted molar refractivity (Wildman–Crippen MR) is 244 cm³/mol. The molecule has 15 atom stereocenters. The zero-order chi connectivity index (χ0) is 53.4. The molecule has 0 amide bonds. The minimum atomic E-state index is -5.38. The molecule has 0 bridgehead atoms. The van der Waals surface area contributed by atoms with Crippen LogP contribution in [0.1, 0.15) is 56.2 Å². The van der Waals surface area contributed by atoms with Crippen molar-refractivity contribution in [2.24, 2.45) is 0 Å². The lowest BCUT2D eigenvalue weighted by Gasteiger charge is -2.25. The maximum absolute atomic E-state index is 13.8. The number of anilines is 3. The van der Waals surface area contributed by atoms with E-state index in [1.165, 1.54) is 43.7 Å². The number of hydrogen-bond acceptors (Lipinski definition) is 26. The first kappa shape index (κ1) is 55.1. The first-order valence-corrected chi connectivity index (χ1v) is 26.6. The Kier molecular flexibility index (Phi) is 16.5. The maximum Gasteiger partial charge on any atom is 0.472 e. The fraction of sp³-hybridized carbons (Fsp3) is 0.568. The summed E-state index contributed by atoms with van der Waals surface area (Å²) in [5.74, 6) is -0.306.